The normalized spacial score (nSPS) is 11.8. The van der Waals surface area contributed by atoms with E-state index >= 15 is 0 Å². The number of anilines is 1. The third-order valence-electron chi connectivity index (χ3n) is 3.17. The third kappa shape index (κ3) is 3.76. The van der Waals surface area contributed by atoms with Gasteiger partial charge in [-0.05, 0) is 42.8 Å². The van der Waals surface area contributed by atoms with Gasteiger partial charge in [0.2, 0.25) is 0 Å². The number of hydrogen-bond donors (Lipinski definition) is 2. The fourth-order valence-electron chi connectivity index (χ4n) is 2.04. The quantitative estimate of drug-likeness (QED) is 0.830. The monoisotopic (exact) mass is 348 g/mol. The summed E-state index contributed by atoms with van der Waals surface area (Å²) in [5.41, 5.74) is 7.89. The minimum Gasteiger partial charge on any atom is -0.496 e. The van der Waals surface area contributed by atoms with Crippen molar-refractivity contribution in [3.05, 3.63) is 58.1 Å². The lowest BCUT2D eigenvalue weighted by Crippen LogP contribution is -2.27. The maximum atomic E-state index is 12.4. The zero-order chi connectivity index (χ0) is 15.4. The number of benzene rings is 2. The minimum atomic E-state index is -0.186. The van der Waals surface area contributed by atoms with Crippen molar-refractivity contribution in [1.29, 1.82) is 0 Å². The van der Waals surface area contributed by atoms with Crippen LogP contribution in [0.4, 0.5) is 5.69 Å². The molecule has 0 heterocycles. The molecule has 5 heteroatoms. The smallest absolute Gasteiger partial charge is 0.255 e. The van der Waals surface area contributed by atoms with Crippen molar-refractivity contribution in [2.75, 3.05) is 12.8 Å². The summed E-state index contributed by atoms with van der Waals surface area (Å²) in [6.45, 7) is 1.91. The molecule has 0 saturated carbocycles. The first kappa shape index (κ1) is 15.4. The summed E-state index contributed by atoms with van der Waals surface area (Å²) in [6, 6.07) is 12.6. The SMILES string of the molecule is COc1cc(Br)ccc1C(=O)NC(C)c1cccc(N)c1. The Kier molecular flexibility index (Phi) is 4.85. The van der Waals surface area contributed by atoms with E-state index < -0.39 is 0 Å². The summed E-state index contributed by atoms with van der Waals surface area (Å²) in [4.78, 5) is 12.4. The van der Waals surface area contributed by atoms with Crippen LogP contribution in [0.25, 0.3) is 0 Å². The average Bonchev–Trinajstić information content (AvgIpc) is 2.46. The van der Waals surface area contributed by atoms with Gasteiger partial charge in [0.05, 0.1) is 18.7 Å². The predicted molar refractivity (Wildman–Crippen MR) is 87.4 cm³/mol. The van der Waals surface area contributed by atoms with Crippen molar-refractivity contribution in [1.82, 2.24) is 5.32 Å². The number of hydrogen-bond acceptors (Lipinski definition) is 3. The van der Waals surface area contributed by atoms with E-state index in [1.54, 1.807) is 19.2 Å². The van der Waals surface area contributed by atoms with Gasteiger partial charge in [0.15, 0.2) is 0 Å². The number of halogens is 1. The summed E-state index contributed by atoms with van der Waals surface area (Å²) in [5.74, 6) is 0.343. The van der Waals surface area contributed by atoms with E-state index in [9.17, 15) is 4.79 Å². The summed E-state index contributed by atoms with van der Waals surface area (Å²) < 4.78 is 6.10. The fourth-order valence-corrected chi connectivity index (χ4v) is 2.38. The molecule has 2 rings (SSSR count). The van der Waals surface area contributed by atoms with Gasteiger partial charge in [-0.15, -0.1) is 0 Å². The molecule has 3 N–H and O–H groups in total. The highest BCUT2D eigenvalue weighted by molar-refractivity contribution is 9.10. The van der Waals surface area contributed by atoms with E-state index in [1.807, 2.05) is 37.3 Å². The van der Waals surface area contributed by atoms with Gasteiger partial charge in [-0.2, -0.15) is 0 Å². The van der Waals surface area contributed by atoms with Crippen LogP contribution in [0.15, 0.2) is 46.9 Å². The van der Waals surface area contributed by atoms with Crippen LogP contribution >= 0.6 is 15.9 Å². The van der Waals surface area contributed by atoms with Gasteiger partial charge in [-0.1, -0.05) is 28.1 Å². The summed E-state index contributed by atoms with van der Waals surface area (Å²) in [7, 11) is 1.54. The van der Waals surface area contributed by atoms with Crippen LogP contribution in [0.3, 0.4) is 0 Å². The Bertz CT molecular complexity index is 658. The highest BCUT2D eigenvalue weighted by Crippen LogP contribution is 2.24. The molecular formula is C16H17BrN2O2. The maximum Gasteiger partial charge on any atom is 0.255 e. The molecule has 2 aromatic rings. The maximum absolute atomic E-state index is 12.4. The van der Waals surface area contributed by atoms with Crippen molar-refractivity contribution in [3.8, 4) is 5.75 Å². The van der Waals surface area contributed by atoms with Gasteiger partial charge in [0.25, 0.3) is 5.91 Å². The number of rotatable bonds is 4. The van der Waals surface area contributed by atoms with Crippen LogP contribution in [-0.2, 0) is 0 Å². The topological polar surface area (TPSA) is 64.3 Å². The van der Waals surface area contributed by atoms with Crippen molar-refractivity contribution in [3.63, 3.8) is 0 Å². The molecule has 0 aliphatic carbocycles. The van der Waals surface area contributed by atoms with Crippen LogP contribution in [0.1, 0.15) is 28.9 Å². The fraction of sp³-hybridized carbons (Fsp3) is 0.188. The Hall–Kier alpha value is -2.01. The average molecular weight is 349 g/mol. The van der Waals surface area contributed by atoms with Crippen molar-refractivity contribution >= 4 is 27.5 Å². The van der Waals surface area contributed by atoms with E-state index in [0.717, 1.165) is 10.0 Å². The lowest BCUT2D eigenvalue weighted by Gasteiger charge is -2.16. The molecule has 110 valence electrons. The number of ether oxygens (including phenoxy) is 1. The van der Waals surface area contributed by atoms with E-state index in [1.165, 1.54) is 0 Å². The zero-order valence-electron chi connectivity index (χ0n) is 11.9. The Labute approximate surface area is 132 Å². The molecule has 0 aliphatic heterocycles. The van der Waals surface area contributed by atoms with Crippen molar-refractivity contribution in [2.24, 2.45) is 0 Å². The standard InChI is InChI=1S/C16H17BrN2O2/c1-10(11-4-3-5-13(18)8-11)19-16(20)14-7-6-12(17)9-15(14)21-2/h3-10H,18H2,1-2H3,(H,19,20). The highest BCUT2D eigenvalue weighted by atomic mass is 79.9. The lowest BCUT2D eigenvalue weighted by atomic mass is 10.1. The molecule has 0 aliphatic rings. The molecule has 1 unspecified atom stereocenters. The second-order valence-electron chi connectivity index (χ2n) is 4.71. The Morgan fingerprint density at radius 1 is 1.29 bits per heavy atom. The Morgan fingerprint density at radius 3 is 2.71 bits per heavy atom. The second kappa shape index (κ2) is 6.63. The molecule has 4 nitrogen and oxygen atoms in total. The molecule has 0 bridgehead atoms. The molecule has 0 saturated heterocycles. The van der Waals surface area contributed by atoms with Gasteiger partial charge < -0.3 is 15.8 Å². The number of carbonyl (C=O) groups excluding carboxylic acids is 1. The van der Waals surface area contributed by atoms with Crippen LogP contribution in [0.2, 0.25) is 0 Å². The van der Waals surface area contributed by atoms with Gasteiger partial charge in [0, 0.05) is 10.2 Å². The van der Waals surface area contributed by atoms with Gasteiger partial charge in [-0.3, -0.25) is 4.79 Å². The number of nitrogens with two attached hydrogens (primary N) is 1. The number of nitrogens with one attached hydrogen (secondary N) is 1. The first-order valence-electron chi connectivity index (χ1n) is 6.51. The first-order valence-corrected chi connectivity index (χ1v) is 7.30. The lowest BCUT2D eigenvalue weighted by molar-refractivity contribution is 0.0937. The number of methoxy groups -OCH3 is 1. The molecule has 1 atom stereocenters. The van der Waals surface area contributed by atoms with Crippen molar-refractivity contribution < 1.29 is 9.53 Å². The molecule has 0 aromatic heterocycles. The number of nitrogen functional groups attached to an aromatic ring is 1. The van der Waals surface area contributed by atoms with Crippen LogP contribution in [0, 0.1) is 0 Å². The molecule has 2 aromatic carbocycles. The summed E-state index contributed by atoms with van der Waals surface area (Å²) in [5, 5.41) is 2.94. The molecule has 1 amide bonds. The van der Waals surface area contributed by atoms with E-state index in [2.05, 4.69) is 21.2 Å². The van der Waals surface area contributed by atoms with Crippen LogP contribution in [-0.4, -0.2) is 13.0 Å². The van der Waals surface area contributed by atoms with Gasteiger partial charge >= 0.3 is 0 Å². The predicted octanol–water partition coefficient (Wildman–Crippen LogP) is 3.53. The molecule has 0 radical (unpaired) electrons. The van der Waals surface area contributed by atoms with Crippen molar-refractivity contribution in [2.45, 2.75) is 13.0 Å². The van der Waals surface area contributed by atoms with Crippen LogP contribution in [0.5, 0.6) is 5.75 Å². The number of amides is 1. The van der Waals surface area contributed by atoms with Gasteiger partial charge in [-0.25, -0.2) is 0 Å². The molecule has 0 fully saturated rings. The third-order valence-corrected chi connectivity index (χ3v) is 3.66. The van der Waals surface area contributed by atoms with E-state index in [-0.39, 0.29) is 11.9 Å². The second-order valence-corrected chi connectivity index (χ2v) is 5.63. The Balaban J connectivity index is 2.18. The van der Waals surface area contributed by atoms with Crippen LogP contribution < -0.4 is 15.8 Å². The molecule has 0 spiro atoms. The van der Waals surface area contributed by atoms with E-state index in [4.69, 9.17) is 10.5 Å². The van der Waals surface area contributed by atoms with Gasteiger partial charge in [0.1, 0.15) is 5.75 Å². The highest BCUT2D eigenvalue weighted by Gasteiger charge is 2.15. The zero-order valence-corrected chi connectivity index (χ0v) is 13.5. The summed E-state index contributed by atoms with van der Waals surface area (Å²) in [6.07, 6.45) is 0. The molecule has 21 heavy (non-hydrogen) atoms. The van der Waals surface area contributed by atoms with E-state index in [0.29, 0.717) is 17.0 Å². The Morgan fingerprint density at radius 2 is 2.05 bits per heavy atom. The molecular weight excluding hydrogens is 332 g/mol. The minimum absolute atomic E-state index is 0.144. The summed E-state index contributed by atoms with van der Waals surface area (Å²) >= 11 is 3.36. The first-order chi connectivity index (χ1) is 10.0. The largest absolute Gasteiger partial charge is 0.496 e. The number of carbonyl (C=O) groups is 1.